The highest BCUT2D eigenvalue weighted by Crippen LogP contribution is 2.29. The summed E-state index contributed by atoms with van der Waals surface area (Å²) in [7, 11) is -3.35. The molecule has 0 saturated heterocycles. The highest BCUT2D eigenvalue weighted by atomic mass is 32.2. The summed E-state index contributed by atoms with van der Waals surface area (Å²) in [4.78, 5) is 17.6. The molecule has 0 bridgehead atoms. The summed E-state index contributed by atoms with van der Waals surface area (Å²) in [6, 6.07) is 15.5. The standard InChI is InChI=1S/C23H18FN3O3S/c1-31(29,30)20-10-6-17(7-11-20)21-14-26-27(15-16-3-2-12-25-13-16)23(28)22(21)18-4-8-19(24)9-5-18/h2-14H,15H2,1H3. The molecule has 156 valence electrons. The third kappa shape index (κ3) is 4.44. The molecule has 0 saturated carbocycles. The van der Waals surface area contributed by atoms with Crippen LogP contribution in [0.2, 0.25) is 0 Å². The first-order valence-corrected chi connectivity index (χ1v) is 11.3. The van der Waals surface area contributed by atoms with Crippen LogP contribution in [-0.2, 0) is 16.4 Å². The summed E-state index contributed by atoms with van der Waals surface area (Å²) in [5.41, 5.74) is 2.51. The summed E-state index contributed by atoms with van der Waals surface area (Å²) in [5, 5.41) is 4.31. The number of nitrogens with zero attached hydrogens (tertiary/aromatic N) is 3. The Hall–Kier alpha value is -3.65. The van der Waals surface area contributed by atoms with Gasteiger partial charge in [0.15, 0.2) is 9.84 Å². The van der Waals surface area contributed by atoms with E-state index in [-0.39, 0.29) is 17.0 Å². The first kappa shape index (κ1) is 20.6. The minimum absolute atomic E-state index is 0.178. The van der Waals surface area contributed by atoms with Crippen molar-refractivity contribution in [2.75, 3.05) is 6.26 Å². The highest BCUT2D eigenvalue weighted by molar-refractivity contribution is 7.90. The van der Waals surface area contributed by atoms with Crippen LogP contribution in [0.5, 0.6) is 0 Å². The van der Waals surface area contributed by atoms with Crippen LogP contribution >= 0.6 is 0 Å². The number of sulfone groups is 1. The Balaban J connectivity index is 1.87. The van der Waals surface area contributed by atoms with Gasteiger partial charge in [0.2, 0.25) is 0 Å². The van der Waals surface area contributed by atoms with Crippen molar-refractivity contribution in [3.63, 3.8) is 0 Å². The molecule has 2 aromatic heterocycles. The lowest BCUT2D eigenvalue weighted by Gasteiger charge is -2.13. The SMILES string of the molecule is CS(=O)(=O)c1ccc(-c2cnn(Cc3cccnc3)c(=O)c2-c2ccc(F)cc2)cc1. The van der Waals surface area contributed by atoms with E-state index in [1.165, 1.54) is 41.1 Å². The Morgan fingerprint density at radius 2 is 1.61 bits per heavy atom. The fraction of sp³-hybridized carbons (Fsp3) is 0.0870. The summed E-state index contributed by atoms with van der Waals surface area (Å²) in [5.74, 6) is -0.410. The van der Waals surface area contributed by atoms with Crippen molar-refractivity contribution in [2.24, 2.45) is 0 Å². The summed E-state index contributed by atoms with van der Waals surface area (Å²) >= 11 is 0. The van der Waals surface area contributed by atoms with E-state index in [0.717, 1.165) is 11.8 Å². The van der Waals surface area contributed by atoms with Gasteiger partial charge >= 0.3 is 0 Å². The predicted molar refractivity (Wildman–Crippen MR) is 116 cm³/mol. The predicted octanol–water partition coefficient (Wildman–Crippen LogP) is 3.56. The van der Waals surface area contributed by atoms with E-state index >= 15 is 0 Å². The van der Waals surface area contributed by atoms with Gasteiger partial charge in [-0.3, -0.25) is 9.78 Å². The summed E-state index contributed by atoms with van der Waals surface area (Å²) in [6.45, 7) is 0.230. The number of hydrogen-bond acceptors (Lipinski definition) is 5. The number of hydrogen-bond donors (Lipinski definition) is 0. The van der Waals surface area contributed by atoms with Crippen LogP contribution < -0.4 is 5.56 Å². The molecule has 4 aromatic rings. The first-order chi connectivity index (χ1) is 14.8. The van der Waals surface area contributed by atoms with E-state index in [4.69, 9.17) is 0 Å². The fourth-order valence-corrected chi connectivity index (χ4v) is 3.89. The van der Waals surface area contributed by atoms with Crippen LogP contribution in [0.15, 0.2) is 88.9 Å². The molecule has 6 nitrogen and oxygen atoms in total. The number of aromatic nitrogens is 3. The van der Waals surface area contributed by atoms with Crippen LogP contribution in [0, 0.1) is 5.82 Å². The van der Waals surface area contributed by atoms with Crippen molar-refractivity contribution in [1.82, 2.24) is 14.8 Å². The number of benzene rings is 2. The first-order valence-electron chi connectivity index (χ1n) is 9.38. The van der Waals surface area contributed by atoms with Gasteiger partial charge in [0, 0.05) is 24.2 Å². The molecule has 31 heavy (non-hydrogen) atoms. The second-order valence-electron chi connectivity index (χ2n) is 7.06. The van der Waals surface area contributed by atoms with Gasteiger partial charge in [0.05, 0.1) is 23.2 Å². The van der Waals surface area contributed by atoms with Crippen LogP contribution in [0.25, 0.3) is 22.3 Å². The number of pyridine rings is 1. The molecule has 8 heteroatoms. The molecule has 0 fully saturated rings. The van der Waals surface area contributed by atoms with Gasteiger partial charge in [-0.15, -0.1) is 0 Å². The zero-order valence-corrected chi connectivity index (χ0v) is 17.4. The zero-order valence-electron chi connectivity index (χ0n) is 16.6. The molecule has 0 atom stereocenters. The molecule has 0 aliphatic rings. The van der Waals surface area contributed by atoms with Crippen molar-refractivity contribution in [3.05, 3.63) is 101 Å². The second kappa shape index (κ2) is 8.23. The topological polar surface area (TPSA) is 81.9 Å². The maximum atomic E-state index is 13.5. The summed E-state index contributed by atoms with van der Waals surface area (Å²) in [6.07, 6.45) is 6.00. The molecule has 2 aromatic carbocycles. The average molecular weight is 435 g/mol. The Bertz CT molecular complexity index is 1380. The minimum atomic E-state index is -3.35. The van der Waals surface area contributed by atoms with Crippen molar-refractivity contribution in [2.45, 2.75) is 11.4 Å². The van der Waals surface area contributed by atoms with Gasteiger partial charge in [-0.1, -0.05) is 30.3 Å². The Kier molecular flexibility index (Phi) is 5.48. The lowest BCUT2D eigenvalue weighted by atomic mass is 9.97. The second-order valence-corrected chi connectivity index (χ2v) is 9.08. The van der Waals surface area contributed by atoms with Crippen molar-refractivity contribution < 1.29 is 12.8 Å². The van der Waals surface area contributed by atoms with Gasteiger partial charge in [-0.05, 0) is 47.0 Å². The van der Waals surface area contributed by atoms with E-state index in [2.05, 4.69) is 10.1 Å². The van der Waals surface area contributed by atoms with Crippen molar-refractivity contribution in [3.8, 4) is 22.3 Å². The Labute approximate surface area is 178 Å². The van der Waals surface area contributed by atoms with Gasteiger partial charge < -0.3 is 0 Å². The van der Waals surface area contributed by atoms with Crippen LogP contribution in [0.4, 0.5) is 4.39 Å². The molecule has 0 radical (unpaired) electrons. The maximum Gasteiger partial charge on any atom is 0.275 e. The van der Waals surface area contributed by atoms with Crippen molar-refractivity contribution >= 4 is 9.84 Å². The Morgan fingerprint density at radius 3 is 2.23 bits per heavy atom. The Morgan fingerprint density at radius 1 is 0.935 bits per heavy atom. The van der Waals surface area contributed by atoms with E-state index < -0.39 is 15.7 Å². The number of rotatable bonds is 5. The smallest absolute Gasteiger partial charge is 0.267 e. The van der Waals surface area contributed by atoms with E-state index in [9.17, 15) is 17.6 Å². The molecule has 0 N–H and O–H groups in total. The van der Waals surface area contributed by atoms with Crippen molar-refractivity contribution in [1.29, 1.82) is 0 Å². The third-order valence-corrected chi connectivity index (χ3v) is 5.95. The lowest BCUT2D eigenvalue weighted by molar-refractivity contribution is 0.602. The van der Waals surface area contributed by atoms with Gasteiger partial charge in [-0.2, -0.15) is 5.10 Å². The minimum Gasteiger partial charge on any atom is -0.267 e. The molecule has 0 aliphatic heterocycles. The number of halogens is 1. The van der Waals surface area contributed by atoms with Gasteiger partial charge in [0.1, 0.15) is 5.82 Å². The molecule has 4 rings (SSSR count). The monoisotopic (exact) mass is 435 g/mol. The van der Waals surface area contributed by atoms with E-state index in [1.54, 1.807) is 36.8 Å². The third-order valence-electron chi connectivity index (χ3n) is 4.83. The molecular weight excluding hydrogens is 417 g/mol. The van der Waals surface area contributed by atoms with Crippen LogP contribution in [-0.4, -0.2) is 29.4 Å². The molecule has 0 spiro atoms. The van der Waals surface area contributed by atoms with Crippen LogP contribution in [0.3, 0.4) is 0 Å². The quantitative estimate of drug-likeness (QED) is 0.479. The van der Waals surface area contributed by atoms with Gasteiger partial charge in [-0.25, -0.2) is 17.5 Å². The van der Waals surface area contributed by atoms with Gasteiger partial charge in [0.25, 0.3) is 5.56 Å². The molecular formula is C23H18FN3O3S. The summed E-state index contributed by atoms with van der Waals surface area (Å²) < 4.78 is 38.3. The fourth-order valence-electron chi connectivity index (χ4n) is 3.26. The maximum absolute atomic E-state index is 13.5. The van der Waals surface area contributed by atoms with E-state index in [0.29, 0.717) is 22.3 Å². The molecule has 0 aliphatic carbocycles. The lowest BCUT2D eigenvalue weighted by Crippen LogP contribution is -2.25. The van der Waals surface area contributed by atoms with E-state index in [1.807, 2.05) is 6.07 Å². The molecule has 2 heterocycles. The zero-order chi connectivity index (χ0) is 22.0. The molecule has 0 amide bonds. The highest BCUT2D eigenvalue weighted by Gasteiger charge is 2.16. The molecule has 0 unspecified atom stereocenters. The average Bonchev–Trinajstić information content (AvgIpc) is 2.76. The largest absolute Gasteiger partial charge is 0.275 e. The normalized spacial score (nSPS) is 11.4. The van der Waals surface area contributed by atoms with Crippen LogP contribution in [0.1, 0.15) is 5.56 Å².